The fourth-order valence-electron chi connectivity index (χ4n) is 2.82. The Hall–Kier alpha value is -1.28. The van der Waals surface area contributed by atoms with E-state index >= 15 is 0 Å². The van der Waals surface area contributed by atoms with Crippen LogP contribution in [-0.4, -0.2) is 6.54 Å². The predicted molar refractivity (Wildman–Crippen MR) is 90.9 cm³/mol. The summed E-state index contributed by atoms with van der Waals surface area (Å²) in [7, 11) is 0. The summed E-state index contributed by atoms with van der Waals surface area (Å²) in [6.07, 6.45) is 0. The molecule has 0 aliphatic heterocycles. The van der Waals surface area contributed by atoms with E-state index in [4.69, 9.17) is 4.42 Å². The summed E-state index contributed by atoms with van der Waals surface area (Å²) in [5.41, 5.74) is 5.07. The number of hydrogen-bond acceptors (Lipinski definition) is 2. The van der Waals surface area contributed by atoms with E-state index in [9.17, 15) is 0 Å². The highest BCUT2D eigenvalue weighted by Gasteiger charge is 2.25. The molecule has 2 nitrogen and oxygen atoms in total. The predicted octanol–water partition coefficient (Wildman–Crippen LogP) is 5.09. The van der Waals surface area contributed by atoms with Gasteiger partial charge in [0.25, 0.3) is 0 Å². The summed E-state index contributed by atoms with van der Waals surface area (Å²) < 4.78 is 6.18. The van der Waals surface area contributed by atoms with Gasteiger partial charge in [0, 0.05) is 10.9 Å². The molecule has 1 aromatic carbocycles. The third-order valence-electron chi connectivity index (χ3n) is 3.97. The van der Waals surface area contributed by atoms with Crippen molar-refractivity contribution < 1.29 is 4.42 Å². The molecule has 0 radical (unpaired) electrons. The molecule has 21 heavy (non-hydrogen) atoms. The monoisotopic (exact) mass is 287 g/mol. The summed E-state index contributed by atoms with van der Waals surface area (Å²) in [6.45, 7) is 17.4. The lowest BCUT2D eigenvalue weighted by Crippen LogP contribution is -2.21. The highest BCUT2D eigenvalue weighted by Crippen LogP contribution is 2.36. The van der Waals surface area contributed by atoms with Crippen LogP contribution < -0.4 is 5.32 Å². The average molecular weight is 287 g/mol. The van der Waals surface area contributed by atoms with Gasteiger partial charge in [-0.05, 0) is 55.0 Å². The van der Waals surface area contributed by atoms with Crippen LogP contribution in [0.4, 0.5) is 0 Å². The van der Waals surface area contributed by atoms with Gasteiger partial charge in [0.1, 0.15) is 11.3 Å². The van der Waals surface area contributed by atoms with Crippen LogP contribution in [0.3, 0.4) is 0 Å². The molecule has 0 bridgehead atoms. The second kappa shape index (κ2) is 5.84. The number of nitrogens with one attached hydrogen (secondary N) is 1. The second-order valence-corrected chi connectivity index (χ2v) is 7.61. The van der Waals surface area contributed by atoms with Crippen LogP contribution in [0.25, 0.3) is 11.0 Å². The Morgan fingerprint density at radius 3 is 2.29 bits per heavy atom. The van der Waals surface area contributed by atoms with Gasteiger partial charge in [-0.1, -0.05) is 34.6 Å². The fraction of sp³-hybridized carbons (Fsp3) is 0.579. The Morgan fingerprint density at radius 2 is 1.71 bits per heavy atom. The minimum atomic E-state index is 0.0851. The van der Waals surface area contributed by atoms with Crippen LogP contribution in [0.15, 0.2) is 16.5 Å². The van der Waals surface area contributed by atoms with Gasteiger partial charge in [-0.15, -0.1) is 0 Å². The molecular formula is C19H29NO. The zero-order chi connectivity index (χ0) is 15.8. The molecule has 1 aromatic heterocycles. The maximum atomic E-state index is 6.18. The zero-order valence-corrected chi connectivity index (χ0v) is 14.6. The fourth-order valence-corrected chi connectivity index (χ4v) is 2.82. The Balaban J connectivity index is 2.48. The molecule has 0 saturated carbocycles. The molecule has 0 saturated heterocycles. The highest BCUT2D eigenvalue weighted by atomic mass is 16.3. The highest BCUT2D eigenvalue weighted by molar-refractivity contribution is 5.85. The lowest BCUT2D eigenvalue weighted by atomic mass is 9.84. The van der Waals surface area contributed by atoms with E-state index in [1.54, 1.807) is 0 Å². The third kappa shape index (κ3) is 3.49. The van der Waals surface area contributed by atoms with Crippen molar-refractivity contribution in [2.24, 2.45) is 5.92 Å². The van der Waals surface area contributed by atoms with E-state index < -0.39 is 0 Å². The maximum Gasteiger partial charge on any atom is 0.134 e. The van der Waals surface area contributed by atoms with Crippen LogP contribution in [0.2, 0.25) is 0 Å². The first kappa shape index (κ1) is 16.1. The van der Waals surface area contributed by atoms with Gasteiger partial charge in [-0.3, -0.25) is 0 Å². The van der Waals surface area contributed by atoms with Gasteiger partial charge in [0.2, 0.25) is 0 Å². The van der Waals surface area contributed by atoms with Crippen LogP contribution in [0.1, 0.15) is 57.1 Å². The zero-order valence-electron chi connectivity index (χ0n) is 14.6. The van der Waals surface area contributed by atoms with Crippen molar-refractivity contribution in [3.05, 3.63) is 34.6 Å². The van der Waals surface area contributed by atoms with Crippen molar-refractivity contribution in [1.82, 2.24) is 5.32 Å². The lowest BCUT2D eigenvalue weighted by Gasteiger charge is -2.20. The smallest absolute Gasteiger partial charge is 0.134 e. The van der Waals surface area contributed by atoms with E-state index in [0.29, 0.717) is 5.92 Å². The van der Waals surface area contributed by atoms with Crippen molar-refractivity contribution in [3.63, 3.8) is 0 Å². The van der Waals surface area contributed by atoms with Gasteiger partial charge in [-0.25, -0.2) is 0 Å². The minimum Gasteiger partial charge on any atom is -0.459 e. The summed E-state index contributed by atoms with van der Waals surface area (Å²) >= 11 is 0. The minimum absolute atomic E-state index is 0.0851. The third-order valence-corrected chi connectivity index (χ3v) is 3.97. The molecule has 2 rings (SSSR count). The summed E-state index contributed by atoms with van der Waals surface area (Å²) in [5, 5.41) is 4.78. The number of furan rings is 1. The number of fused-ring (bicyclic) bond motifs is 1. The molecule has 0 atom stereocenters. The first-order valence-corrected chi connectivity index (χ1v) is 7.94. The van der Waals surface area contributed by atoms with Crippen molar-refractivity contribution in [2.45, 2.75) is 60.4 Å². The molecule has 0 aliphatic carbocycles. The standard InChI is InChI=1S/C19H29NO/c1-12(2)10-20-11-17-18(19(5,6)7)15-8-13(3)14(4)9-16(15)21-17/h8-9,12,20H,10-11H2,1-7H3. The van der Waals surface area contributed by atoms with Crippen molar-refractivity contribution >= 4 is 11.0 Å². The number of aryl methyl sites for hydroxylation is 2. The Bertz CT molecular complexity index is 629. The molecule has 0 unspecified atom stereocenters. The molecule has 0 fully saturated rings. The lowest BCUT2D eigenvalue weighted by molar-refractivity contribution is 0.464. The topological polar surface area (TPSA) is 25.2 Å². The van der Waals surface area contributed by atoms with Gasteiger partial charge in [0.15, 0.2) is 0 Å². The quantitative estimate of drug-likeness (QED) is 0.847. The molecule has 2 heteroatoms. The van der Waals surface area contributed by atoms with Gasteiger partial charge in [0.05, 0.1) is 6.54 Å². The first-order chi connectivity index (χ1) is 9.70. The molecule has 0 spiro atoms. The number of hydrogen-bond donors (Lipinski definition) is 1. The summed E-state index contributed by atoms with van der Waals surface area (Å²) in [6, 6.07) is 4.45. The Labute approximate surface area is 128 Å². The SMILES string of the molecule is Cc1cc2oc(CNCC(C)C)c(C(C)(C)C)c2cc1C. The molecule has 2 aromatic rings. The largest absolute Gasteiger partial charge is 0.459 e. The normalized spacial score (nSPS) is 12.6. The molecular weight excluding hydrogens is 258 g/mol. The van der Waals surface area contributed by atoms with Crippen LogP contribution >= 0.6 is 0 Å². The van der Waals surface area contributed by atoms with Crippen molar-refractivity contribution in [3.8, 4) is 0 Å². The van der Waals surface area contributed by atoms with E-state index in [1.165, 1.54) is 22.1 Å². The van der Waals surface area contributed by atoms with E-state index in [-0.39, 0.29) is 5.41 Å². The summed E-state index contributed by atoms with van der Waals surface area (Å²) in [5.74, 6) is 1.74. The first-order valence-electron chi connectivity index (χ1n) is 7.94. The van der Waals surface area contributed by atoms with Crippen molar-refractivity contribution in [2.75, 3.05) is 6.54 Å². The van der Waals surface area contributed by atoms with E-state index in [1.807, 2.05) is 0 Å². The van der Waals surface area contributed by atoms with Crippen LogP contribution in [-0.2, 0) is 12.0 Å². The van der Waals surface area contributed by atoms with E-state index in [2.05, 4.69) is 65.9 Å². The van der Waals surface area contributed by atoms with Gasteiger partial charge in [-0.2, -0.15) is 0 Å². The Kier molecular flexibility index (Phi) is 4.48. The maximum absolute atomic E-state index is 6.18. The van der Waals surface area contributed by atoms with Gasteiger partial charge < -0.3 is 9.73 Å². The van der Waals surface area contributed by atoms with Crippen LogP contribution in [0, 0.1) is 19.8 Å². The van der Waals surface area contributed by atoms with Gasteiger partial charge >= 0.3 is 0 Å². The van der Waals surface area contributed by atoms with E-state index in [0.717, 1.165) is 24.4 Å². The second-order valence-electron chi connectivity index (χ2n) is 7.61. The Morgan fingerprint density at radius 1 is 1.10 bits per heavy atom. The average Bonchev–Trinajstić information content (AvgIpc) is 2.66. The number of benzene rings is 1. The molecule has 0 amide bonds. The summed E-state index contributed by atoms with van der Waals surface area (Å²) in [4.78, 5) is 0. The molecule has 0 aliphatic rings. The molecule has 116 valence electrons. The molecule has 1 heterocycles. The van der Waals surface area contributed by atoms with Crippen molar-refractivity contribution in [1.29, 1.82) is 0 Å². The van der Waals surface area contributed by atoms with Crippen LogP contribution in [0.5, 0.6) is 0 Å². The molecule has 1 N–H and O–H groups in total. The number of rotatable bonds is 4.